The van der Waals surface area contributed by atoms with Gasteiger partial charge in [0.1, 0.15) is 5.75 Å². The van der Waals surface area contributed by atoms with Gasteiger partial charge in [-0.05, 0) is 49.6 Å². The van der Waals surface area contributed by atoms with E-state index in [1.54, 1.807) is 0 Å². The average Bonchev–Trinajstić information content (AvgIpc) is 3.15. The molecule has 1 fully saturated rings. The predicted octanol–water partition coefficient (Wildman–Crippen LogP) is 4.24. The molecular formula is C21H24ClNO3. The van der Waals surface area contributed by atoms with Crippen molar-refractivity contribution in [3.63, 3.8) is 0 Å². The Bertz CT molecular complexity index is 709. The lowest BCUT2D eigenvalue weighted by atomic mass is 10.2. The summed E-state index contributed by atoms with van der Waals surface area (Å²) in [5.74, 6) is 0.656. The fraction of sp³-hybridized carbons (Fsp3) is 0.381. The lowest BCUT2D eigenvalue weighted by Gasteiger charge is -2.25. The van der Waals surface area contributed by atoms with Gasteiger partial charge in [-0.1, -0.05) is 41.4 Å². The van der Waals surface area contributed by atoms with E-state index in [1.807, 2.05) is 60.4 Å². The minimum Gasteiger partial charge on any atom is -0.484 e. The molecule has 3 rings (SSSR count). The van der Waals surface area contributed by atoms with Crippen LogP contribution in [0.25, 0.3) is 0 Å². The molecule has 26 heavy (non-hydrogen) atoms. The van der Waals surface area contributed by atoms with Crippen LogP contribution < -0.4 is 4.74 Å². The zero-order valence-corrected chi connectivity index (χ0v) is 15.7. The molecule has 1 aliphatic heterocycles. The monoisotopic (exact) mass is 373 g/mol. The molecule has 2 aromatic carbocycles. The van der Waals surface area contributed by atoms with E-state index < -0.39 is 0 Å². The Hall–Kier alpha value is -2.04. The molecule has 0 radical (unpaired) electrons. The molecule has 1 atom stereocenters. The van der Waals surface area contributed by atoms with Gasteiger partial charge in [0.05, 0.1) is 6.10 Å². The van der Waals surface area contributed by atoms with Gasteiger partial charge in [-0.25, -0.2) is 0 Å². The zero-order valence-electron chi connectivity index (χ0n) is 15.0. The van der Waals surface area contributed by atoms with E-state index in [0.717, 1.165) is 30.6 Å². The third-order valence-electron chi connectivity index (χ3n) is 4.47. The Kier molecular flexibility index (Phi) is 6.53. The van der Waals surface area contributed by atoms with Crippen molar-refractivity contribution >= 4 is 17.5 Å². The summed E-state index contributed by atoms with van der Waals surface area (Å²) in [7, 11) is 0. The van der Waals surface area contributed by atoms with Crippen molar-refractivity contribution in [1.82, 2.24) is 4.90 Å². The highest BCUT2D eigenvalue weighted by molar-refractivity contribution is 6.30. The molecular weight excluding hydrogens is 350 g/mol. The van der Waals surface area contributed by atoms with Crippen LogP contribution in [0.3, 0.4) is 0 Å². The molecule has 0 bridgehead atoms. The first kappa shape index (κ1) is 18.7. The van der Waals surface area contributed by atoms with Crippen LogP contribution in [0.2, 0.25) is 5.02 Å². The van der Waals surface area contributed by atoms with Gasteiger partial charge in [-0.3, -0.25) is 4.79 Å². The highest BCUT2D eigenvalue weighted by Gasteiger charge is 2.23. The maximum atomic E-state index is 12.8. The van der Waals surface area contributed by atoms with E-state index in [1.165, 1.54) is 0 Å². The molecule has 138 valence electrons. The first-order valence-electron chi connectivity index (χ1n) is 8.93. The summed E-state index contributed by atoms with van der Waals surface area (Å²) in [6.45, 7) is 3.91. The minimum atomic E-state index is -0.0453. The summed E-state index contributed by atoms with van der Waals surface area (Å²) in [6.07, 6.45) is 2.14. The zero-order chi connectivity index (χ0) is 18.4. The number of benzene rings is 2. The maximum Gasteiger partial charge on any atom is 0.260 e. The molecule has 1 amide bonds. The number of rotatable bonds is 7. The number of carbonyl (C=O) groups excluding carboxylic acids is 1. The van der Waals surface area contributed by atoms with Crippen molar-refractivity contribution in [3.8, 4) is 5.75 Å². The van der Waals surface area contributed by atoms with Crippen molar-refractivity contribution in [1.29, 1.82) is 0 Å². The number of aryl methyl sites for hydroxylation is 1. The topological polar surface area (TPSA) is 38.8 Å². The Morgan fingerprint density at radius 2 is 1.92 bits per heavy atom. The van der Waals surface area contributed by atoms with Crippen LogP contribution >= 0.6 is 11.6 Å². The molecule has 5 heteroatoms. The quantitative estimate of drug-likeness (QED) is 0.728. The first-order valence-corrected chi connectivity index (χ1v) is 9.31. The van der Waals surface area contributed by atoms with Gasteiger partial charge in [0.25, 0.3) is 5.91 Å². The van der Waals surface area contributed by atoms with Gasteiger partial charge in [0, 0.05) is 24.7 Å². The van der Waals surface area contributed by atoms with Crippen LogP contribution in [0.4, 0.5) is 0 Å². The first-order chi connectivity index (χ1) is 12.6. The summed E-state index contributed by atoms with van der Waals surface area (Å²) < 4.78 is 11.4. The third-order valence-corrected chi connectivity index (χ3v) is 4.72. The number of nitrogens with zero attached hydrogens (tertiary/aromatic N) is 1. The van der Waals surface area contributed by atoms with Gasteiger partial charge in [0.2, 0.25) is 0 Å². The lowest BCUT2D eigenvalue weighted by Crippen LogP contribution is -2.39. The maximum absolute atomic E-state index is 12.8. The van der Waals surface area contributed by atoms with E-state index in [-0.39, 0.29) is 18.6 Å². The Morgan fingerprint density at radius 1 is 1.19 bits per heavy atom. The number of halogens is 1. The van der Waals surface area contributed by atoms with E-state index in [9.17, 15) is 4.79 Å². The molecule has 0 aliphatic carbocycles. The van der Waals surface area contributed by atoms with Gasteiger partial charge in [-0.2, -0.15) is 0 Å². The Morgan fingerprint density at radius 3 is 2.58 bits per heavy atom. The Labute approximate surface area is 159 Å². The van der Waals surface area contributed by atoms with E-state index in [2.05, 4.69) is 0 Å². The number of carbonyl (C=O) groups is 1. The van der Waals surface area contributed by atoms with Gasteiger partial charge < -0.3 is 14.4 Å². The average molecular weight is 374 g/mol. The van der Waals surface area contributed by atoms with Crippen LogP contribution in [-0.2, 0) is 16.1 Å². The number of hydrogen-bond donors (Lipinski definition) is 0. The van der Waals surface area contributed by atoms with Crippen molar-refractivity contribution in [2.24, 2.45) is 0 Å². The number of amides is 1. The molecule has 0 unspecified atom stereocenters. The second-order valence-corrected chi connectivity index (χ2v) is 7.07. The largest absolute Gasteiger partial charge is 0.484 e. The normalized spacial score (nSPS) is 16.5. The standard InChI is InChI=1S/C21H24ClNO3/c1-16-4-10-19(11-5-16)26-15-21(24)23(14-20-3-2-12-25-20)13-17-6-8-18(22)9-7-17/h4-11,20H,2-3,12-15H2,1H3/t20-/m0/s1. The SMILES string of the molecule is Cc1ccc(OCC(=O)N(Cc2ccc(Cl)cc2)C[C@@H]2CCCO2)cc1. The van der Waals surface area contributed by atoms with Crippen molar-refractivity contribution in [2.75, 3.05) is 19.8 Å². The predicted molar refractivity (Wildman–Crippen MR) is 103 cm³/mol. The molecule has 0 spiro atoms. The van der Waals surface area contributed by atoms with Crippen molar-refractivity contribution < 1.29 is 14.3 Å². The molecule has 4 nitrogen and oxygen atoms in total. The van der Waals surface area contributed by atoms with Crippen molar-refractivity contribution in [3.05, 3.63) is 64.7 Å². The van der Waals surface area contributed by atoms with Crippen LogP contribution in [-0.4, -0.2) is 36.7 Å². The highest BCUT2D eigenvalue weighted by Crippen LogP contribution is 2.17. The van der Waals surface area contributed by atoms with Crippen molar-refractivity contribution in [2.45, 2.75) is 32.4 Å². The highest BCUT2D eigenvalue weighted by atomic mass is 35.5. The van der Waals surface area contributed by atoms with Crippen LogP contribution in [0.1, 0.15) is 24.0 Å². The fourth-order valence-electron chi connectivity index (χ4n) is 2.97. The molecule has 0 saturated carbocycles. The van der Waals surface area contributed by atoms with Crippen LogP contribution in [0.5, 0.6) is 5.75 Å². The summed E-state index contributed by atoms with van der Waals surface area (Å²) in [4.78, 5) is 14.6. The van der Waals surface area contributed by atoms with Gasteiger partial charge in [0.15, 0.2) is 6.61 Å². The Balaban J connectivity index is 1.63. The van der Waals surface area contributed by atoms with E-state index in [0.29, 0.717) is 23.9 Å². The molecule has 1 aliphatic rings. The summed E-state index contributed by atoms with van der Waals surface area (Å²) in [5, 5.41) is 0.688. The summed E-state index contributed by atoms with van der Waals surface area (Å²) >= 11 is 5.96. The van der Waals surface area contributed by atoms with E-state index >= 15 is 0 Å². The second kappa shape index (κ2) is 9.06. The third kappa shape index (κ3) is 5.48. The fourth-order valence-corrected chi connectivity index (χ4v) is 3.10. The van der Waals surface area contributed by atoms with E-state index in [4.69, 9.17) is 21.1 Å². The minimum absolute atomic E-state index is 0.0172. The lowest BCUT2D eigenvalue weighted by molar-refractivity contribution is -0.135. The molecule has 1 heterocycles. The molecule has 2 aromatic rings. The molecule has 0 N–H and O–H groups in total. The number of hydrogen-bond acceptors (Lipinski definition) is 3. The van der Waals surface area contributed by atoms with Gasteiger partial charge in [-0.15, -0.1) is 0 Å². The van der Waals surface area contributed by atoms with Crippen LogP contribution in [0.15, 0.2) is 48.5 Å². The van der Waals surface area contributed by atoms with Crippen LogP contribution in [0, 0.1) is 6.92 Å². The number of ether oxygens (including phenoxy) is 2. The summed E-state index contributed by atoms with van der Waals surface area (Å²) in [5.41, 5.74) is 2.20. The molecule has 0 aromatic heterocycles. The summed E-state index contributed by atoms with van der Waals surface area (Å²) in [6, 6.07) is 15.3. The smallest absolute Gasteiger partial charge is 0.260 e. The molecule has 1 saturated heterocycles. The van der Waals surface area contributed by atoms with Gasteiger partial charge >= 0.3 is 0 Å². The second-order valence-electron chi connectivity index (χ2n) is 6.64.